The van der Waals surface area contributed by atoms with Crippen LogP contribution in [0, 0.1) is 11.3 Å². The van der Waals surface area contributed by atoms with Gasteiger partial charge in [-0.15, -0.1) is 0 Å². The largest absolute Gasteiger partial charge is 0.493 e. The molecule has 0 saturated carbocycles. The molecule has 0 spiro atoms. The third kappa shape index (κ3) is 4.77. The van der Waals surface area contributed by atoms with Crippen LogP contribution in [0.1, 0.15) is 43.7 Å². The van der Waals surface area contributed by atoms with Gasteiger partial charge in [0.2, 0.25) is 6.79 Å². The average molecular weight is 379 g/mol. The average Bonchev–Trinajstić information content (AvgIpc) is 3.20. The molecule has 2 aromatic rings. The molecule has 1 heterocycles. The second-order valence-electron chi connectivity index (χ2n) is 6.56. The highest BCUT2D eigenvalue weighted by atomic mass is 16.7. The maximum absolute atomic E-state index is 9.61. The summed E-state index contributed by atoms with van der Waals surface area (Å²) in [6.07, 6.45) is 6.45. The molecule has 28 heavy (non-hydrogen) atoms. The van der Waals surface area contributed by atoms with Gasteiger partial charge < -0.3 is 18.9 Å². The Morgan fingerprint density at radius 2 is 1.93 bits per heavy atom. The van der Waals surface area contributed by atoms with E-state index in [2.05, 4.69) is 13.0 Å². The molecular formula is C23H25NO4. The Balaban J connectivity index is 1.75. The highest BCUT2D eigenvalue weighted by Gasteiger charge is 2.15. The molecule has 146 valence electrons. The lowest BCUT2D eigenvalue weighted by atomic mass is 10.0. The van der Waals surface area contributed by atoms with Crippen molar-refractivity contribution in [1.29, 1.82) is 5.26 Å². The lowest BCUT2D eigenvalue weighted by Gasteiger charge is -2.11. The fourth-order valence-corrected chi connectivity index (χ4v) is 3.02. The van der Waals surface area contributed by atoms with Gasteiger partial charge in [-0.3, -0.25) is 0 Å². The zero-order chi connectivity index (χ0) is 19.8. The van der Waals surface area contributed by atoms with Crippen LogP contribution in [0.25, 0.3) is 11.6 Å². The number of methoxy groups -OCH3 is 1. The van der Waals surface area contributed by atoms with Gasteiger partial charge in [-0.2, -0.15) is 5.26 Å². The topological polar surface area (TPSA) is 60.7 Å². The van der Waals surface area contributed by atoms with Crippen LogP contribution >= 0.6 is 0 Å². The molecule has 0 bridgehead atoms. The summed E-state index contributed by atoms with van der Waals surface area (Å²) in [5.74, 6) is 2.73. The predicted octanol–water partition coefficient (Wildman–Crippen LogP) is 5.45. The third-order valence-electron chi connectivity index (χ3n) is 4.56. The molecule has 1 aliphatic heterocycles. The van der Waals surface area contributed by atoms with Crippen LogP contribution in [0.15, 0.2) is 36.4 Å². The van der Waals surface area contributed by atoms with Crippen molar-refractivity contribution >= 4 is 11.6 Å². The van der Waals surface area contributed by atoms with Gasteiger partial charge in [0.15, 0.2) is 23.0 Å². The maximum atomic E-state index is 9.61. The second kappa shape index (κ2) is 9.70. The highest BCUT2D eigenvalue weighted by molar-refractivity contribution is 5.90. The SMILES string of the molecule is CCCCCCOc1ccc(C=C(C#N)c2ccc3c(c2)OCO3)cc1OC. The first-order valence-corrected chi connectivity index (χ1v) is 9.57. The van der Waals surface area contributed by atoms with Gasteiger partial charge in [0.25, 0.3) is 0 Å². The first kappa shape index (κ1) is 19.6. The van der Waals surface area contributed by atoms with E-state index in [1.54, 1.807) is 7.11 Å². The Hall–Kier alpha value is -3.13. The summed E-state index contributed by atoms with van der Waals surface area (Å²) in [7, 11) is 1.62. The normalized spacial score (nSPS) is 12.5. The van der Waals surface area contributed by atoms with E-state index in [4.69, 9.17) is 18.9 Å². The van der Waals surface area contributed by atoms with E-state index in [0.717, 1.165) is 23.3 Å². The predicted molar refractivity (Wildman–Crippen MR) is 109 cm³/mol. The van der Waals surface area contributed by atoms with Gasteiger partial charge in [0.05, 0.1) is 25.4 Å². The fraction of sp³-hybridized carbons (Fsp3) is 0.348. The van der Waals surface area contributed by atoms with Crippen molar-refractivity contribution in [2.75, 3.05) is 20.5 Å². The molecule has 0 aromatic heterocycles. The number of benzene rings is 2. The molecular weight excluding hydrogens is 354 g/mol. The number of allylic oxidation sites excluding steroid dienone is 1. The van der Waals surface area contributed by atoms with E-state index < -0.39 is 0 Å². The Kier molecular flexibility index (Phi) is 6.80. The van der Waals surface area contributed by atoms with E-state index in [0.29, 0.717) is 29.4 Å². The zero-order valence-corrected chi connectivity index (χ0v) is 16.4. The van der Waals surface area contributed by atoms with Crippen LogP contribution in [0.4, 0.5) is 0 Å². The first-order valence-electron chi connectivity index (χ1n) is 9.57. The van der Waals surface area contributed by atoms with Gasteiger partial charge in [0.1, 0.15) is 0 Å². The third-order valence-corrected chi connectivity index (χ3v) is 4.56. The molecule has 0 radical (unpaired) electrons. The summed E-state index contributed by atoms with van der Waals surface area (Å²) < 4.78 is 22.1. The quantitative estimate of drug-likeness (QED) is 0.329. The van der Waals surface area contributed by atoms with Crippen LogP contribution < -0.4 is 18.9 Å². The monoisotopic (exact) mass is 379 g/mol. The van der Waals surface area contributed by atoms with Crippen LogP contribution in [0.3, 0.4) is 0 Å². The molecule has 0 atom stereocenters. The van der Waals surface area contributed by atoms with Crippen LogP contribution in [-0.4, -0.2) is 20.5 Å². The molecule has 0 N–H and O–H groups in total. The Bertz CT molecular complexity index is 883. The summed E-state index contributed by atoms with van der Waals surface area (Å²) in [6.45, 7) is 3.07. The van der Waals surface area contributed by atoms with Gasteiger partial charge in [-0.25, -0.2) is 0 Å². The molecule has 1 aliphatic rings. The number of nitrogens with zero attached hydrogens (tertiary/aromatic N) is 1. The zero-order valence-electron chi connectivity index (χ0n) is 16.4. The number of unbranched alkanes of at least 4 members (excludes halogenated alkanes) is 3. The summed E-state index contributed by atoms with van der Waals surface area (Å²) in [4.78, 5) is 0. The van der Waals surface area contributed by atoms with Crippen molar-refractivity contribution in [2.45, 2.75) is 32.6 Å². The number of rotatable bonds is 9. The minimum Gasteiger partial charge on any atom is -0.493 e. The summed E-state index contributed by atoms with van der Waals surface area (Å²) >= 11 is 0. The van der Waals surface area contributed by atoms with Gasteiger partial charge >= 0.3 is 0 Å². The van der Waals surface area contributed by atoms with Gasteiger partial charge in [0, 0.05) is 0 Å². The van der Waals surface area contributed by atoms with E-state index in [9.17, 15) is 5.26 Å². The van der Waals surface area contributed by atoms with E-state index in [-0.39, 0.29) is 6.79 Å². The molecule has 0 saturated heterocycles. The summed E-state index contributed by atoms with van der Waals surface area (Å²) in [5.41, 5.74) is 2.18. The lowest BCUT2D eigenvalue weighted by molar-refractivity contribution is 0.174. The molecule has 5 heteroatoms. The summed E-state index contributed by atoms with van der Waals surface area (Å²) in [5, 5.41) is 9.61. The van der Waals surface area contributed by atoms with Crippen molar-refractivity contribution in [2.24, 2.45) is 0 Å². The minimum atomic E-state index is 0.210. The number of fused-ring (bicyclic) bond motifs is 1. The van der Waals surface area contributed by atoms with Crippen LogP contribution in [0.2, 0.25) is 0 Å². The standard InChI is InChI=1S/C23H25NO4/c1-3-4-5-6-11-26-20-9-7-17(13-22(20)25-2)12-19(15-24)18-8-10-21-23(14-18)28-16-27-21/h7-10,12-14H,3-6,11,16H2,1-2H3. The highest BCUT2D eigenvalue weighted by Crippen LogP contribution is 2.35. The van der Waals surface area contributed by atoms with Crippen molar-refractivity contribution in [3.63, 3.8) is 0 Å². The molecule has 5 nitrogen and oxygen atoms in total. The van der Waals surface area contributed by atoms with E-state index >= 15 is 0 Å². The number of hydrogen-bond acceptors (Lipinski definition) is 5. The van der Waals surface area contributed by atoms with Gasteiger partial charge in [-0.05, 0) is 54.0 Å². The van der Waals surface area contributed by atoms with Crippen LogP contribution in [-0.2, 0) is 0 Å². The molecule has 0 amide bonds. The Labute approximate surface area is 166 Å². The van der Waals surface area contributed by atoms with E-state index in [1.807, 2.05) is 42.5 Å². The number of hydrogen-bond donors (Lipinski definition) is 0. The van der Waals surface area contributed by atoms with Crippen molar-refractivity contribution in [3.8, 4) is 29.1 Å². The van der Waals surface area contributed by atoms with Crippen molar-refractivity contribution in [1.82, 2.24) is 0 Å². The van der Waals surface area contributed by atoms with Crippen molar-refractivity contribution < 1.29 is 18.9 Å². The van der Waals surface area contributed by atoms with Gasteiger partial charge in [-0.1, -0.05) is 32.3 Å². The van der Waals surface area contributed by atoms with Crippen LogP contribution in [0.5, 0.6) is 23.0 Å². The molecule has 0 unspecified atom stereocenters. The second-order valence-corrected chi connectivity index (χ2v) is 6.56. The molecule has 2 aromatic carbocycles. The lowest BCUT2D eigenvalue weighted by Crippen LogP contribution is -1.99. The fourth-order valence-electron chi connectivity index (χ4n) is 3.02. The molecule has 3 rings (SSSR count). The number of nitriles is 1. The van der Waals surface area contributed by atoms with Crippen molar-refractivity contribution in [3.05, 3.63) is 47.5 Å². The minimum absolute atomic E-state index is 0.210. The Morgan fingerprint density at radius 1 is 1.07 bits per heavy atom. The maximum Gasteiger partial charge on any atom is 0.231 e. The molecule has 0 aliphatic carbocycles. The first-order chi connectivity index (χ1) is 13.7. The summed E-state index contributed by atoms with van der Waals surface area (Å²) in [6, 6.07) is 13.4. The molecule has 0 fully saturated rings. The Morgan fingerprint density at radius 3 is 2.71 bits per heavy atom. The van der Waals surface area contributed by atoms with E-state index in [1.165, 1.54) is 19.3 Å². The smallest absolute Gasteiger partial charge is 0.231 e. The number of ether oxygens (including phenoxy) is 4.